The molecule has 0 N–H and O–H groups in total. The molecule has 4 heteroatoms. The van der Waals surface area contributed by atoms with Crippen LogP contribution in [0.2, 0.25) is 0 Å². The molecule has 0 fully saturated rings. The highest BCUT2D eigenvalue weighted by molar-refractivity contribution is 9.10. The highest BCUT2D eigenvalue weighted by atomic mass is 79.9. The molecule has 0 unspecified atom stereocenters. The molecule has 2 rings (SSSR count). The maximum absolute atomic E-state index is 4.32. The molecule has 2 aromatic rings. The zero-order valence-corrected chi connectivity index (χ0v) is 8.24. The van der Waals surface area contributed by atoms with Crippen molar-refractivity contribution in [1.29, 1.82) is 0 Å². The van der Waals surface area contributed by atoms with E-state index in [1.54, 1.807) is 6.20 Å². The van der Waals surface area contributed by atoms with Crippen molar-refractivity contribution in [2.45, 2.75) is 13.5 Å². The molecule has 0 aliphatic carbocycles. The molecule has 12 heavy (non-hydrogen) atoms. The van der Waals surface area contributed by atoms with E-state index in [0.717, 1.165) is 22.1 Å². The standard InChI is InChI=1S/C8H8BrN3/c1-2-12-5-8-7(11-12)3-6(9)4-10-8/h3-5H,2H2,1H3. The minimum absolute atomic E-state index is 0.883. The topological polar surface area (TPSA) is 30.7 Å². The molecule has 2 heterocycles. The summed E-state index contributed by atoms with van der Waals surface area (Å²) >= 11 is 3.35. The molecule has 0 bridgehead atoms. The van der Waals surface area contributed by atoms with Crippen LogP contribution in [0, 0.1) is 0 Å². The maximum Gasteiger partial charge on any atom is 0.112 e. The van der Waals surface area contributed by atoms with Crippen molar-refractivity contribution in [3.8, 4) is 0 Å². The highest BCUT2D eigenvalue weighted by Gasteiger charge is 1.99. The molecule has 62 valence electrons. The maximum atomic E-state index is 4.32. The normalized spacial score (nSPS) is 10.8. The lowest BCUT2D eigenvalue weighted by atomic mass is 10.4. The molecule has 0 aromatic carbocycles. The second-order valence-corrected chi connectivity index (χ2v) is 3.46. The van der Waals surface area contributed by atoms with Crippen molar-refractivity contribution >= 4 is 27.0 Å². The van der Waals surface area contributed by atoms with Crippen molar-refractivity contribution in [3.05, 3.63) is 22.9 Å². The van der Waals surface area contributed by atoms with Crippen molar-refractivity contribution in [1.82, 2.24) is 14.8 Å². The molecular weight excluding hydrogens is 218 g/mol. The van der Waals surface area contributed by atoms with E-state index in [-0.39, 0.29) is 0 Å². The summed E-state index contributed by atoms with van der Waals surface area (Å²) in [6.45, 7) is 2.94. The van der Waals surface area contributed by atoms with Gasteiger partial charge in [0.1, 0.15) is 11.0 Å². The van der Waals surface area contributed by atoms with Crippen LogP contribution in [0.4, 0.5) is 0 Å². The zero-order valence-electron chi connectivity index (χ0n) is 6.66. The Morgan fingerprint density at radius 1 is 1.50 bits per heavy atom. The van der Waals surface area contributed by atoms with Crippen LogP contribution in [0.5, 0.6) is 0 Å². The van der Waals surface area contributed by atoms with E-state index in [1.165, 1.54) is 0 Å². The molecule has 0 aliphatic heterocycles. The van der Waals surface area contributed by atoms with Crippen molar-refractivity contribution in [3.63, 3.8) is 0 Å². The third-order valence-corrected chi connectivity index (χ3v) is 2.13. The lowest BCUT2D eigenvalue weighted by Gasteiger charge is -1.88. The van der Waals surface area contributed by atoms with Gasteiger partial charge in [0.2, 0.25) is 0 Å². The van der Waals surface area contributed by atoms with E-state index < -0.39 is 0 Å². The number of rotatable bonds is 1. The van der Waals surface area contributed by atoms with Gasteiger partial charge in [-0.2, -0.15) is 5.10 Å². The minimum Gasteiger partial charge on any atom is -0.270 e. The Kier molecular flexibility index (Phi) is 1.84. The summed E-state index contributed by atoms with van der Waals surface area (Å²) < 4.78 is 2.85. The van der Waals surface area contributed by atoms with E-state index >= 15 is 0 Å². The van der Waals surface area contributed by atoms with Gasteiger partial charge in [-0.25, -0.2) is 0 Å². The van der Waals surface area contributed by atoms with Crippen LogP contribution in [0.1, 0.15) is 6.92 Å². The summed E-state index contributed by atoms with van der Waals surface area (Å²) in [6.07, 6.45) is 3.73. The largest absolute Gasteiger partial charge is 0.270 e. The summed E-state index contributed by atoms with van der Waals surface area (Å²) in [5, 5.41) is 4.32. The van der Waals surface area contributed by atoms with Crippen LogP contribution in [-0.4, -0.2) is 14.8 Å². The summed E-state index contributed by atoms with van der Waals surface area (Å²) in [5.41, 5.74) is 1.88. The van der Waals surface area contributed by atoms with Gasteiger partial charge in [-0.15, -0.1) is 0 Å². The minimum atomic E-state index is 0.883. The van der Waals surface area contributed by atoms with Crippen LogP contribution >= 0.6 is 15.9 Å². The van der Waals surface area contributed by atoms with E-state index in [2.05, 4.69) is 32.9 Å². The first-order chi connectivity index (χ1) is 5.79. The number of halogens is 1. The van der Waals surface area contributed by atoms with Gasteiger partial charge in [-0.1, -0.05) is 0 Å². The van der Waals surface area contributed by atoms with Crippen molar-refractivity contribution in [2.75, 3.05) is 0 Å². The van der Waals surface area contributed by atoms with E-state index in [4.69, 9.17) is 0 Å². The summed E-state index contributed by atoms with van der Waals surface area (Å²) in [5.74, 6) is 0. The first kappa shape index (κ1) is 7.73. The van der Waals surface area contributed by atoms with Crippen molar-refractivity contribution in [2.24, 2.45) is 0 Å². The van der Waals surface area contributed by atoms with Gasteiger partial charge in [0.05, 0.1) is 6.20 Å². The van der Waals surface area contributed by atoms with Crippen LogP contribution in [0.15, 0.2) is 22.9 Å². The summed E-state index contributed by atoms with van der Waals surface area (Å²) in [4.78, 5) is 4.22. The summed E-state index contributed by atoms with van der Waals surface area (Å²) in [7, 11) is 0. The van der Waals surface area contributed by atoms with Gasteiger partial charge >= 0.3 is 0 Å². The van der Waals surface area contributed by atoms with Crippen LogP contribution in [0.25, 0.3) is 11.0 Å². The molecule has 0 radical (unpaired) electrons. The quantitative estimate of drug-likeness (QED) is 0.746. The number of hydrogen-bond acceptors (Lipinski definition) is 2. The fourth-order valence-electron chi connectivity index (χ4n) is 1.09. The first-order valence-corrected chi connectivity index (χ1v) is 4.57. The van der Waals surface area contributed by atoms with Gasteiger partial charge in [-0.05, 0) is 28.9 Å². The molecule has 3 nitrogen and oxygen atoms in total. The monoisotopic (exact) mass is 225 g/mol. The smallest absolute Gasteiger partial charge is 0.112 e. The lowest BCUT2D eigenvalue weighted by molar-refractivity contribution is 0.667. The van der Waals surface area contributed by atoms with Crippen LogP contribution in [-0.2, 0) is 6.54 Å². The van der Waals surface area contributed by atoms with Gasteiger partial charge in [0, 0.05) is 17.2 Å². The number of hydrogen-bond donors (Lipinski definition) is 0. The van der Waals surface area contributed by atoms with E-state index in [9.17, 15) is 0 Å². The average Bonchev–Trinajstić information content (AvgIpc) is 2.46. The fourth-order valence-corrected chi connectivity index (χ4v) is 1.41. The second-order valence-electron chi connectivity index (χ2n) is 2.54. The number of nitrogens with zero attached hydrogens (tertiary/aromatic N) is 3. The molecule has 2 aromatic heterocycles. The predicted octanol–water partition coefficient (Wildman–Crippen LogP) is 2.21. The van der Waals surface area contributed by atoms with Crippen LogP contribution < -0.4 is 0 Å². The van der Waals surface area contributed by atoms with E-state index in [0.29, 0.717) is 0 Å². The third kappa shape index (κ3) is 1.22. The highest BCUT2D eigenvalue weighted by Crippen LogP contribution is 2.14. The zero-order chi connectivity index (χ0) is 8.55. The van der Waals surface area contributed by atoms with Gasteiger partial charge < -0.3 is 0 Å². The number of pyridine rings is 1. The average molecular weight is 226 g/mol. The van der Waals surface area contributed by atoms with Gasteiger partial charge in [0.25, 0.3) is 0 Å². The Morgan fingerprint density at radius 3 is 3.08 bits per heavy atom. The van der Waals surface area contributed by atoms with Crippen LogP contribution in [0.3, 0.4) is 0 Å². The number of aryl methyl sites for hydroxylation is 1. The SMILES string of the molecule is CCn1cc2ncc(Br)cc2n1. The summed E-state index contributed by atoms with van der Waals surface area (Å²) in [6, 6.07) is 1.97. The Hall–Kier alpha value is -0.900. The number of fused-ring (bicyclic) bond motifs is 1. The van der Waals surface area contributed by atoms with E-state index in [1.807, 2.05) is 16.9 Å². The van der Waals surface area contributed by atoms with Gasteiger partial charge in [-0.3, -0.25) is 9.67 Å². The first-order valence-electron chi connectivity index (χ1n) is 3.78. The lowest BCUT2D eigenvalue weighted by Crippen LogP contribution is -1.92. The second kappa shape index (κ2) is 2.86. The third-order valence-electron chi connectivity index (χ3n) is 1.70. The molecule has 0 spiro atoms. The molecule has 0 amide bonds. The molecular formula is C8H8BrN3. The molecule has 0 atom stereocenters. The Labute approximate surface area is 78.5 Å². The Balaban J connectivity index is 2.67. The number of aromatic nitrogens is 3. The molecule has 0 aliphatic rings. The fraction of sp³-hybridized carbons (Fsp3) is 0.250. The molecule has 0 saturated heterocycles. The Bertz CT molecular complexity index is 408. The molecule has 0 saturated carbocycles. The van der Waals surface area contributed by atoms with Crippen molar-refractivity contribution < 1.29 is 0 Å². The Morgan fingerprint density at radius 2 is 2.33 bits per heavy atom. The van der Waals surface area contributed by atoms with Gasteiger partial charge in [0.15, 0.2) is 0 Å². The predicted molar refractivity (Wildman–Crippen MR) is 50.9 cm³/mol.